The van der Waals surface area contributed by atoms with Gasteiger partial charge in [-0.3, -0.25) is 9.48 Å². The molecular weight excluding hydrogens is 306 g/mol. The zero-order chi connectivity index (χ0) is 16.2. The van der Waals surface area contributed by atoms with Crippen molar-refractivity contribution in [3.8, 4) is 5.75 Å². The van der Waals surface area contributed by atoms with E-state index in [1.54, 1.807) is 18.2 Å². The number of ether oxygens (including phenoxy) is 1. The first-order valence-corrected chi connectivity index (χ1v) is 8.35. The molecule has 0 amide bonds. The number of nitrogens with zero attached hydrogens (tertiary/aromatic N) is 3. The van der Waals surface area contributed by atoms with Gasteiger partial charge in [-0.15, -0.1) is 5.10 Å². The molecule has 0 aliphatic rings. The molecule has 1 heterocycles. The fraction of sp³-hybridized carbons (Fsp3) is 0.357. The molecule has 0 saturated carbocycles. The highest BCUT2D eigenvalue weighted by Crippen LogP contribution is 2.24. The summed E-state index contributed by atoms with van der Waals surface area (Å²) in [5.41, 5.74) is 0. The smallest absolute Gasteiger partial charge is 0.216 e. The Hall–Kier alpha value is -2.22. The van der Waals surface area contributed by atoms with Crippen molar-refractivity contribution in [1.29, 1.82) is 0 Å². The number of aromatic nitrogens is 3. The minimum Gasteiger partial charge on any atom is -0.495 e. The van der Waals surface area contributed by atoms with Crippen LogP contribution in [0, 0.1) is 0 Å². The second kappa shape index (κ2) is 6.69. The van der Waals surface area contributed by atoms with Gasteiger partial charge in [-0.05, 0) is 18.6 Å². The number of para-hydroxylation sites is 1. The van der Waals surface area contributed by atoms with Gasteiger partial charge in [0, 0.05) is 13.5 Å². The first kappa shape index (κ1) is 16.2. The first-order chi connectivity index (χ1) is 10.4. The average molecular weight is 323 g/mol. The molecule has 118 valence electrons. The van der Waals surface area contributed by atoms with Crippen LogP contribution in [0.2, 0.25) is 0 Å². The molecule has 0 atom stereocenters. The topological polar surface area (TPSA) is 91.2 Å². The van der Waals surface area contributed by atoms with Crippen molar-refractivity contribution in [2.45, 2.75) is 24.8 Å². The molecule has 1 aromatic heterocycles. The molecule has 0 spiro atoms. The van der Waals surface area contributed by atoms with E-state index in [0.717, 1.165) is 0 Å². The van der Waals surface area contributed by atoms with E-state index in [9.17, 15) is 13.2 Å². The van der Waals surface area contributed by atoms with Gasteiger partial charge in [-0.1, -0.05) is 12.1 Å². The number of hydrogen-bond donors (Lipinski definition) is 0. The molecule has 0 aliphatic carbocycles. The highest BCUT2D eigenvalue weighted by Gasteiger charge is 2.18. The van der Waals surface area contributed by atoms with Crippen molar-refractivity contribution in [3.05, 3.63) is 36.4 Å². The summed E-state index contributed by atoms with van der Waals surface area (Å²) < 4.78 is 31.2. The number of rotatable bonds is 7. The number of methoxy groups -OCH3 is 1. The molecule has 1 aromatic carbocycles. The minimum absolute atomic E-state index is 0.0390. The molecular formula is C14H17N3O4S. The lowest BCUT2D eigenvalue weighted by atomic mass is 10.3. The van der Waals surface area contributed by atoms with Crippen LogP contribution in [-0.4, -0.2) is 41.8 Å². The number of aryl methyl sites for hydroxylation is 1. The zero-order valence-electron chi connectivity index (χ0n) is 12.4. The van der Waals surface area contributed by atoms with Crippen LogP contribution in [0.1, 0.15) is 24.0 Å². The molecule has 0 fully saturated rings. The van der Waals surface area contributed by atoms with Gasteiger partial charge in [0.25, 0.3) is 0 Å². The lowest BCUT2D eigenvalue weighted by molar-refractivity contribution is 0.100. The Morgan fingerprint density at radius 3 is 2.68 bits per heavy atom. The summed E-state index contributed by atoms with van der Waals surface area (Å²) >= 11 is 0. The summed E-state index contributed by atoms with van der Waals surface area (Å²) in [6, 6.07) is 6.52. The molecule has 0 saturated heterocycles. The van der Waals surface area contributed by atoms with Crippen LogP contribution in [0.3, 0.4) is 0 Å². The van der Waals surface area contributed by atoms with E-state index in [1.165, 1.54) is 31.1 Å². The van der Waals surface area contributed by atoms with Crippen molar-refractivity contribution in [3.63, 3.8) is 0 Å². The van der Waals surface area contributed by atoms with Crippen LogP contribution in [0.4, 0.5) is 0 Å². The Kier molecular flexibility index (Phi) is 4.92. The van der Waals surface area contributed by atoms with Crippen molar-refractivity contribution in [2.24, 2.45) is 0 Å². The molecule has 0 aliphatic heterocycles. The third-order valence-electron chi connectivity index (χ3n) is 3.06. The Labute approximate surface area is 128 Å². The molecule has 0 unspecified atom stereocenters. The van der Waals surface area contributed by atoms with Gasteiger partial charge in [0.1, 0.15) is 17.0 Å². The Bertz CT molecular complexity index is 768. The third-order valence-corrected chi connectivity index (χ3v) is 4.89. The van der Waals surface area contributed by atoms with Gasteiger partial charge in [0.2, 0.25) is 5.82 Å². The third kappa shape index (κ3) is 3.70. The first-order valence-electron chi connectivity index (χ1n) is 6.70. The Morgan fingerprint density at radius 2 is 2.05 bits per heavy atom. The number of carbonyl (C=O) groups is 1. The summed E-state index contributed by atoms with van der Waals surface area (Å²) in [7, 11) is -2.00. The summed E-state index contributed by atoms with van der Waals surface area (Å²) in [5.74, 6) is 0.206. The number of ketones is 1. The van der Waals surface area contributed by atoms with Gasteiger partial charge < -0.3 is 4.74 Å². The van der Waals surface area contributed by atoms with E-state index in [4.69, 9.17) is 4.74 Å². The molecule has 8 heteroatoms. The number of benzene rings is 1. The number of hydrogen-bond acceptors (Lipinski definition) is 6. The van der Waals surface area contributed by atoms with Gasteiger partial charge in [-0.2, -0.15) is 0 Å². The van der Waals surface area contributed by atoms with Gasteiger partial charge in [0.05, 0.1) is 12.9 Å². The largest absolute Gasteiger partial charge is 0.495 e. The van der Waals surface area contributed by atoms with E-state index in [2.05, 4.69) is 10.1 Å². The fourth-order valence-electron chi connectivity index (χ4n) is 1.97. The molecule has 0 bridgehead atoms. The van der Waals surface area contributed by atoms with Crippen molar-refractivity contribution in [2.75, 3.05) is 12.9 Å². The zero-order valence-corrected chi connectivity index (χ0v) is 13.2. The number of carbonyl (C=O) groups excluding carboxylic acids is 1. The van der Waals surface area contributed by atoms with Crippen LogP contribution in [0.25, 0.3) is 0 Å². The molecule has 0 radical (unpaired) electrons. The molecule has 22 heavy (non-hydrogen) atoms. The second-order valence-electron chi connectivity index (χ2n) is 4.71. The fourth-order valence-corrected chi connectivity index (χ4v) is 3.44. The molecule has 7 nitrogen and oxygen atoms in total. The van der Waals surface area contributed by atoms with Crippen LogP contribution in [-0.2, 0) is 16.4 Å². The van der Waals surface area contributed by atoms with E-state index in [0.29, 0.717) is 18.7 Å². The Morgan fingerprint density at radius 1 is 1.32 bits per heavy atom. The van der Waals surface area contributed by atoms with Crippen LogP contribution in [0.15, 0.2) is 35.5 Å². The maximum atomic E-state index is 12.3. The highest BCUT2D eigenvalue weighted by atomic mass is 32.2. The standard InChI is InChI=1S/C14H17N3O4S/c1-11(18)14-15-10-17(16-14)8-5-9-22(19,20)13-7-4-3-6-12(13)21-2/h3-4,6-7,10H,5,8-9H2,1-2H3. The monoisotopic (exact) mass is 323 g/mol. The normalized spacial score (nSPS) is 11.4. The SMILES string of the molecule is COc1ccccc1S(=O)(=O)CCCn1cnc(C(C)=O)n1. The van der Waals surface area contributed by atoms with Crippen molar-refractivity contribution < 1.29 is 17.9 Å². The van der Waals surface area contributed by atoms with Crippen molar-refractivity contribution >= 4 is 15.6 Å². The van der Waals surface area contributed by atoms with E-state index in [1.807, 2.05) is 0 Å². The highest BCUT2D eigenvalue weighted by molar-refractivity contribution is 7.91. The number of Topliss-reactive ketones (excluding diaryl/α,β-unsaturated/α-hetero) is 1. The number of sulfone groups is 1. The summed E-state index contributed by atoms with van der Waals surface area (Å²) in [6.45, 7) is 1.75. The van der Waals surface area contributed by atoms with Crippen LogP contribution >= 0.6 is 0 Å². The van der Waals surface area contributed by atoms with E-state index in [-0.39, 0.29) is 22.3 Å². The van der Waals surface area contributed by atoms with Gasteiger partial charge in [0.15, 0.2) is 15.6 Å². The maximum Gasteiger partial charge on any atom is 0.216 e. The van der Waals surface area contributed by atoms with E-state index < -0.39 is 9.84 Å². The van der Waals surface area contributed by atoms with Gasteiger partial charge >= 0.3 is 0 Å². The lowest BCUT2D eigenvalue weighted by Crippen LogP contribution is -2.11. The predicted octanol–water partition coefficient (Wildman–Crippen LogP) is 1.35. The summed E-state index contributed by atoms with van der Waals surface area (Å²) in [4.78, 5) is 15.1. The van der Waals surface area contributed by atoms with E-state index >= 15 is 0 Å². The van der Waals surface area contributed by atoms with Crippen LogP contribution in [0.5, 0.6) is 5.75 Å². The summed E-state index contributed by atoms with van der Waals surface area (Å²) in [6.07, 6.45) is 1.79. The predicted molar refractivity (Wildman–Crippen MR) is 79.7 cm³/mol. The minimum atomic E-state index is -3.44. The lowest BCUT2D eigenvalue weighted by Gasteiger charge is -2.09. The summed E-state index contributed by atoms with van der Waals surface area (Å²) in [5, 5.41) is 3.97. The maximum absolute atomic E-state index is 12.3. The van der Waals surface area contributed by atoms with Crippen LogP contribution < -0.4 is 4.74 Å². The molecule has 0 N–H and O–H groups in total. The Balaban J connectivity index is 2.02. The van der Waals surface area contributed by atoms with Gasteiger partial charge in [-0.25, -0.2) is 13.4 Å². The molecule has 2 aromatic rings. The molecule has 2 rings (SSSR count). The second-order valence-corrected chi connectivity index (χ2v) is 6.79. The quantitative estimate of drug-likeness (QED) is 0.714. The average Bonchev–Trinajstić information content (AvgIpc) is 2.96. The van der Waals surface area contributed by atoms with Crippen molar-refractivity contribution in [1.82, 2.24) is 14.8 Å².